The van der Waals surface area contributed by atoms with Gasteiger partial charge in [0.25, 0.3) is 0 Å². The van der Waals surface area contributed by atoms with Crippen LogP contribution >= 0.6 is 0 Å². The second-order valence-electron chi connectivity index (χ2n) is 3.74. The molecule has 0 atom stereocenters. The number of hydrogen-bond acceptors (Lipinski definition) is 2. The molecule has 1 aliphatic rings. The minimum Gasteiger partial charge on any atom is -0.458 e. The highest BCUT2D eigenvalue weighted by molar-refractivity contribution is 6.21. The van der Waals surface area contributed by atoms with Crippen molar-refractivity contribution >= 4 is 22.3 Å². The smallest absolute Gasteiger partial charge is 0.338 e. The molecular weight excluding hydrogens is 200 g/mol. The van der Waals surface area contributed by atoms with E-state index >= 15 is 0 Å². The first kappa shape index (κ1) is 9.16. The molecule has 0 saturated carbocycles. The highest BCUT2D eigenvalue weighted by atomic mass is 16.5. The fraction of sp³-hybridized carbons (Fsp3) is 0.0714. The van der Waals surface area contributed by atoms with E-state index in [0.717, 1.165) is 16.3 Å². The van der Waals surface area contributed by atoms with Gasteiger partial charge in [-0.2, -0.15) is 0 Å². The maximum absolute atomic E-state index is 11.5. The Morgan fingerprint density at radius 3 is 2.62 bits per heavy atom. The van der Waals surface area contributed by atoms with Gasteiger partial charge in [-0.3, -0.25) is 0 Å². The van der Waals surface area contributed by atoms with E-state index in [4.69, 9.17) is 4.74 Å². The summed E-state index contributed by atoms with van der Waals surface area (Å²) in [5.74, 6) is -0.226. The number of carbonyl (C=O) groups excluding carboxylic acids is 1. The molecule has 1 aliphatic heterocycles. The maximum Gasteiger partial charge on any atom is 0.338 e. The summed E-state index contributed by atoms with van der Waals surface area (Å²) in [6, 6.07) is 14.0. The van der Waals surface area contributed by atoms with Crippen molar-refractivity contribution in [2.24, 2.45) is 0 Å². The lowest BCUT2D eigenvalue weighted by Crippen LogP contribution is -1.99. The maximum atomic E-state index is 11.5. The van der Waals surface area contributed by atoms with Crippen LogP contribution in [0.2, 0.25) is 0 Å². The van der Waals surface area contributed by atoms with Gasteiger partial charge in [0.1, 0.15) is 6.61 Å². The van der Waals surface area contributed by atoms with Gasteiger partial charge >= 0.3 is 5.97 Å². The fourth-order valence-corrected chi connectivity index (χ4v) is 2.04. The van der Waals surface area contributed by atoms with Crippen LogP contribution in [0.25, 0.3) is 16.3 Å². The third-order valence-corrected chi connectivity index (χ3v) is 2.80. The average Bonchev–Trinajstić information content (AvgIpc) is 2.75. The van der Waals surface area contributed by atoms with Crippen molar-refractivity contribution in [1.29, 1.82) is 0 Å². The molecule has 2 aromatic carbocycles. The van der Waals surface area contributed by atoms with Crippen LogP contribution < -0.4 is 0 Å². The molecule has 0 aliphatic carbocycles. The molecule has 0 spiro atoms. The fourth-order valence-electron chi connectivity index (χ4n) is 2.04. The number of carbonyl (C=O) groups is 1. The molecule has 0 fully saturated rings. The third kappa shape index (κ3) is 1.31. The van der Waals surface area contributed by atoms with Gasteiger partial charge in [0.05, 0.1) is 5.57 Å². The van der Waals surface area contributed by atoms with Crippen molar-refractivity contribution in [3.63, 3.8) is 0 Å². The van der Waals surface area contributed by atoms with E-state index in [0.29, 0.717) is 12.2 Å². The summed E-state index contributed by atoms with van der Waals surface area (Å²) in [6.07, 6.45) is 1.84. The molecule has 1 heterocycles. The van der Waals surface area contributed by atoms with Crippen LogP contribution in [0.5, 0.6) is 0 Å². The van der Waals surface area contributed by atoms with E-state index in [1.807, 2.05) is 48.5 Å². The van der Waals surface area contributed by atoms with Crippen molar-refractivity contribution in [2.45, 2.75) is 0 Å². The Balaban J connectivity index is 2.28. The minimum atomic E-state index is -0.226. The summed E-state index contributed by atoms with van der Waals surface area (Å²) in [6.45, 7) is 0.386. The summed E-state index contributed by atoms with van der Waals surface area (Å²) in [5.41, 5.74) is 1.64. The molecule has 0 radical (unpaired) electrons. The predicted octanol–water partition coefficient (Wildman–Crippen LogP) is 2.78. The first-order valence-electron chi connectivity index (χ1n) is 5.22. The number of benzene rings is 2. The molecule has 2 heteroatoms. The van der Waals surface area contributed by atoms with Crippen LogP contribution in [0, 0.1) is 0 Å². The Hall–Kier alpha value is -2.09. The molecule has 2 nitrogen and oxygen atoms in total. The Kier molecular flexibility index (Phi) is 2.00. The second kappa shape index (κ2) is 3.49. The quantitative estimate of drug-likeness (QED) is 0.676. The van der Waals surface area contributed by atoms with Gasteiger partial charge in [-0.25, -0.2) is 4.79 Å². The highest BCUT2D eigenvalue weighted by Crippen LogP contribution is 2.27. The third-order valence-electron chi connectivity index (χ3n) is 2.80. The topological polar surface area (TPSA) is 26.3 Å². The summed E-state index contributed by atoms with van der Waals surface area (Å²) in [5, 5.41) is 2.23. The van der Waals surface area contributed by atoms with Gasteiger partial charge in [0.2, 0.25) is 0 Å². The monoisotopic (exact) mass is 210 g/mol. The van der Waals surface area contributed by atoms with Gasteiger partial charge in [-0.05, 0) is 22.4 Å². The summed E-state index contributed by atoms with van der Waals surface area (Å²) in [7, 11) is 0. The number of cyclic esters (lactones) is 1. The van der Waals surface area contributed by atoms with Crippen LogP contribution in [-0.4, -0.2) is 12.6 Å². The van der Waals surface area contributed by atoms with E-state index < -0.39 is 0 Å². The molecule has 0 amide bonds. The zero-order valence-corrected chi connectivity index (χ0v) is 8.64. The lowest BCUT2D eigenvalue weighted by Gasteiger charge is -2.05. The molecule has 3 rings (SSSR count). The van der Waals surface area contributed by atoms with Crippen molar-refractivity contribution in [3.05, 3.63) is 54.1 Å². The Morgan fingerprint density at radius 2 is 1.81 bits per heavy atom. The lowest BCUT2D eigenvalue weighted by molar-refractivity contribution is -0.133. The number of hydrogen-bond donors (Lipinski definition) is 0. The largest absolute Gasteiger partial charge is 0.458 e. The van der Waals surface area contributed by atoms with Crippen LogP contribution in [-0.2, 0) is 9.53 Å². The van der Waals surface area contributed by atoms with Gasteiger partial charge in [0, 0.05) is 0 Å². The second-order valence-corrected chi connectivity index (χ2v) is 3.74. The van der Waals surface area contributed by atoms with Crippen molar-refractivity contribution in [1.82, 2.24) is 0 Å². The number of ether oxygens (including phenoxy) is 1. The first-order valence-corrected chi connectivity index (χ1v) is 5.22. The normalized spacial score (nSPS) is 15.0. The standard InChI is InChI=1S/C14H10O2/c15-14-13(8-9-16-14)12-7-3-5-10-4-1-2-6-11(10)12/h1-8H,9H2. The molecule has 16 heavy (non-hydrogen) atoms. The Morgan fingerprint density at radius 1 is 1.00 bits per heavy atom. The van der Waals surface area contributed by atoms with Gasteiger partial charge in [-0.1, -0.05) is 42.5 Å². The van der Waals surface area contributed by atoms with Crippen LogP contribution in [0.3, 0.4) is 0 Å². The summed E-state index contributed by atoms with van der Waals surface area (Å²) >= 11 is 0. The van der Waals surface area contributed by atoms with Crippen LogP contribution in [0.15, 0.2) is 48.5 Å². The van der Waals surface area contributed by atoms with Gasteiger partial charge in [-0.15, -0.1) is 0 Å². The van der Waals surface area contributed by atoms with E-state index in [1.165, 1.54) is 0 Å². The predicted molar refractivity (Wildman–Crippen MR) is 62.9 cm³/mol. The van der Waals surface area contributed by atoms with E-state index in [-0.39, 0.29) is 5.97 Å². The van der Waals surface area contributed by atoms with Crippen LogP contribution in [0.4, 0.5) is 0 Å². The number of esters is 1. The molecule has 0 N–H and O–H groups in total. The Labute approximate surface area is 93.2 Å². The van der Waals surface area contributed by atoms with Crippen molar-refractivity contribution < 1.29 is 9.53 Å². The van der Waals surface area contributed by atoms with Gasteiger partial charge < -0.3 is 4.74 Å². The molecule has 78 valence electrons. The lowest BCUT2D eigenvalue weighted by atomic mass is 9.99. The zero-order valence-electron chi connectivity index (χ0n) is 8.64. The highest BCUT2D eigenvalue weighted by Gasteiger charge is 2.19. The molecule has 0 unspecified atom stereocenters. The SMILES string of the molecule is O=C1OCC=C1c1cccc2ccccc12. The average molecular weight is 210 g/mol. The Bertz CT molecular complexity index is 591. The first-order chi connectivity index (χ1) is 7.86. The van der Waals surface area contributed by atoms with E-state index in [9.17, 15) is 4.79 Å². The van der Waals surface area contributed by atoms with E-state index in [2.05, 4.69) is 0 Å². The summed E-state index contributed by atoms with van der Waals surface area (Å²) in [4.78, 5) is 11.5. The molecule has 0 saturated heterocycles. The molecule has 0 bridgehead atoms. The molecule has 2 aromatic rings. The van der Waals surface area contributed by atoms with Crippen LogP contribution in [0.1, 0.15) is 5.56 Å². The number of fused-ring (bicyclic) bond motifs is 1. The van der Waals surface area contributed by atoms with E-state index in [1.54, 1.807) is 0 Å². The van der Waals surface area contributed by atoms with Gasteiger partial charge in [0.15, 0.2) is 0 Å². The minimum absolute atomic E-state index is 0.226. The van der Waals surface area contributed by atoms with Crippen molar-refractivity contribution in [3.8, 4) is 0 Å². The zero-order chi connectivity index (χ0) is 11.0. The molecular formula is C14H10O2. The van der Waals surface area contributed by atoms with Crippen molar-refractivity contribution in [2.75, 3.05) is 6.61 Å². The summed E-state index contributed by atoms with van der Waals surface area (Å²) < 4.78 is 4.94. The molecule has 0 aromatic heterocycles. The number of rotatable bonds is 1.